The SMILES string of the molecule is CC.Cc1ccc(CS(=O)(=O)F)cc1. The predicted octanol–water partition coefficient (Wildman–Crippen LogP) is 2.82. The highest BCUT2D eigenvalue weighted by atomic mass is 32.3. The maximum Gasteiger partial charge on any atom is 0.306 e. The summed E-state index contributed by atoms with van der Waals surface area (Å²) in [7, 11) is -4.39. The molecule has 0 saturated carbocycles. The van der Waals surface area contributed by atoms with Gasteiger partial charge in [-0.3, -0.25) is 0 Å². The summed E-state index contributed by atoms with van der Waals surface area (Å²) in [6, 6.07) is 6.71. The van der Waals surface area contributed by atoms with E-state index in [2.05, 4.69) is 0 Å². The lowest BCUT2D eigenvalue weighted by Gasteiger charge is -1.96. The summed E-state index contributed by atoms with van der Waals surface area (Å²) in [5.41, 5.74) is 1.50. The molecule has 0 amide bonds. The average molecular weight is 218 g/mol. The first-order valence-electron chi connectivity index (χ1n) is 4.45. The van der Waals surface area contributed by atoms with Gasteiger partial charge in [-0.15, -0.1) is 3.89 Å². The van der Waals surface area contributed by atoms with E-state index < -0.39 is 16.0 Å². The Morgan fingerprint density at radius 3 is 1.93 bits per heavy atom. The van der Waals surface area contributed by atoms with Crippen LogP contribution in [-0.4, -0.2) is 8.42 Å². The zero-order chi connectivity index (χ0) is 11.2. The van der Waals surface area contributed by atoms with Gasteiger partial charge in [-0.25, -0.2) is 0 Å². The van der Waals surface area contributed by atoms with Gasteiger partial charge in [-0.1, -0.05) is 43.7 Å². The Labute approximate surface area is 85.0 Å². The van der Waals surface area contributed by atoms with E-state index in [0.717, 1.165) is 5.56 Å². The van der Waals surface area contributed by atoms with E-state index >= 15 is 0 Å². The fraction of sp³-hybridized carbons (Fsp3) is 0.400. The Hall–Kier alpha value is -0.900. The Kier molecular flexibility index (Phi) is 5.38. The smallest absolute Gasteiger partial charge is 0.194 e. The third-order valence-electron chi connectivity index (χ3n) is 1.46. The van der Waals surface area contributed by atoms with Gasteiger partial charge in [0.2, 0.25) is 0 Å². The molecule has 0 saturated heterocycles. The normalized spacial score (nSPS) is 10.3. The zero-order valence-corrected chi connectivity index (χ0v) is 9.44. The van der Waals surface area contributed by atoms with Gasteiger partial charge in [0.25, 0.3) is 0 Å². The molecule has 2 nitrogen and oxygen atoms in total. The molecule has 0 aromatic heterocycles. The summed E-state index contributed by atoms with van der Waals surface area (Å²) in [5, 5.41) is 0. The van der Waals surface area contributed by atoms with Crippen molar-refractivity contribution >= 4 is 10.2 Å². The van der Waals surface area contributed by atoms with Crippen molar-refractivity contribution in [3.05, 3.63) is 35.4 Å². The lowest BCUT2D eigenvalue weighted by Crippen LogP contribution is -1.95. The summed E-state index contributed by atoms with van der Waals surface area (Å²) in [5.74, 6) is -0.534. The molecule has 0 bridgehead atoms. The fourth-order valence-corrected chi connectivity index (χ4v) is 1.47. The molecule has 0 fully saturated rings. The summed E-state index contributed by atoms with van der Waals surface area (Å²) in [6.45, 7) is 5.88. The number of halogens is 1. The highest BCUT2D eigenvalue weighted by Gasteiger charge is 2.07. The van der Waals surface area contributed by atoms with E-state index in [-0.39, 0.29) is 0 Å². The Bertz CT molecular complexity index is 354. The van der Waals surface area contributed by atoms with Gasteiger partial charge in [-0.05, 0) is 12.5 Å². The number of aryl methyl sites for hydroxylation is 1. The van der Waals surface area contributed by atoms with E-state index in [0.29, 0.717) is 5.56 Å². The van der Waals surface area contributed by atoms with Crippen molar-refractivity contribution in [1.82, 2.24) is 0 Å². The molecular formula is C10H15FO2S. The third kappa shape index (κ3) is 5.70. The van der Waals surface area contributed by atoms with Crippen LogP contribution in [0, 0.1) is 6.92 Å². The molecular weight excluding hydrogens is 203 g/mol. The molecule has 0 spiro atoms. The van der Waals surface area contributed by atoms with Crippen LogP contribution >= 0.6 is 0 Å². The first kappa shape index (κ1) is 13.1. The Balaban J connectivity index is 0.000000791. The number of benzene rings is 1. The van der Waals surface area contributed by atoms with Crippen LogP contribution in [0.3, 0.4) is 0 Å². The average Bonchev–Trinajstić information content (AvgIpc) is 2.10. The summed E-state index contributed by atoms with van der Waals surface area (Å²) in [6.07, 6.45) is 0. The molecule has 1 rings (SSSR count). The molecule has 0 heterocycles. The molecule has 0 radical (unpaired) electrons. The second-order valence-corrected chi connectivity index (χ2v) is 4.04. The second kappa shape index (κ2) is 5.75. The molecule has 0 aliphatic rings. The summed E-state index contributed by atoms with van der Waals surface area (Å²) in [4.78, 5) is 0. The molecule has 1 aromatic carbocycles. The van der Waals surface area contributed by atoms with Gasteiger partial charge >= 0.3 is 10.2 Å². The summed E-state index contributed by atoms with van der Waals surface area (Å²) < 4.78 is 32.6. The van der Waals surface area contributed by atoms with Gasteiger partial charge in [-0.2, -0.15) is 8.42 Å². The van der Waals surface area contributed by atoms with Gasteiger partial charge in [0, 0.05) is 0 Å². The largest absolute Gasteiger partial charge is 0.306 e. The maximum absolute atomic E-state index is 12.1. The molecule has 0 N–H and O–H groups in total. The van der Waals surface area contributed by atoms with Crippen LogP contribution in [0.4, 0.5) is 3.89 Å². The lowest BCUT2D eigenvalue weighted by atomic mass is 10.2. The molecule has 4 heteroatoms. The minimum atomic E-state index is -4.39. The maximum atomic E-state index is 12.1. The van der Waals surface area contributed by atoms with Crippen LogP contribution in [0.2, 0.25) is 0 Å². The number of hydrogen-bond acceptors (Lipinski definition) is 2. The monoisotopic (exact) mass is 218 g/mol. The van der Waals surface area contributed by atoms with E-state index in [9.17, 15) is 12.3 Å². The zero-order valence-electron chi connectivity index (χ0n) is 8.62. The number of hydrogen-bond donors (Lipinski definition) is 0. The van der Waals surface area contributed by atoms with Crippen molar-refractivity contribution in [2.45, 2.75) is 26.5 Å². The van der Waals surface area contributed by atoms with Crippen molar-refractivity contribution in [1.29, 1.82) is 0 Å². The van der Waals surface area contributed by atoms with Gasteiger partial charge in [0.05, 0.1) is 0 Å². The van der Waals surface area contributed by atoms with Gasteiger partial charge in [0.1, 0.15) is 5.75 Å². The quantitative estimate of drug-likeness (QED) is 0.715. The van der Waals surface area contributed by atoms with Crippen molar-refractivity contribution in [2.75, 3.05) is 0 Å². The van der Waals surface area contributed by atoms with Crippen molar-refractivity contribution < 1.29 is 12.3 Å². The highest BCUT2D eigenvalue weighted by Crippen LogP contribution is 2.08. The van der Waals surface area contributed by atoms with Crippen molar-refractivity contribution in [2.24, 2.45) is 0 Å². The molecule has 0 aliphatic carbocycles. The second-order valence-electron chi connectivity index (χ2n) is 2.67. The number of rotatable bonds is 2. The fourth-order valence-electron chi connectivity index (χ4n) is 0.883. The minimum Gasteiger partial charge on any atom is -0.194 e. The van der Waals surface area contributed by atoms with Gasteiger partial charge < -0.3 is 0 Å². The van der Waals surface area contributed by atoms with Crippen LogP contribution < -0.4 is 0 Å². The van der Waals surface area contributed by atoms with Crippen LogP contribution in [0.5, 0.6) is 0 Å². The Morgan fingerprint density at radius 2 is 1.57 bits per heavy atom. The first-order valence-corrected chi connectivity index (χ1v) is 6.00. The van der Waals surface area contributed by atoms with Crippen LogP contribution in [0.25, 0.3) is 0 Å². The van der Waals surface area contributed by atoms with Gasteiger partial charge in [0.15, 0.2) is 0 Å². The molecule has 80 valence electrons. The minimum absolute atomic E-state index is 0.475. The highest BCUT2D eigenvalue weighted by molar-refractivity contribution is 7.85. The molecule has 14 heavy (non-hydrogen) atoms. The van der Waals surface area contributed by atoms with Crippen LogP contribution in [0.1, 0.15) is 25.0 Å². The summed E-state index contributed by atoms with van der Waals surface area (Å²) >= 11 is 0. The molecule has 0 atom stereocenters. The van der Waals surface area contributed by atoms with E-state index in [4.69, 9.17) is 0 Å². The molecule has 0 aliphatic heterocycles. The van der Waals surface area contributed by atoms with Crippen molar-refractivity contribution in [3.8, 4) is 0 Å². The van der Waals surface area contributed by atoms with Crippen molar-refractivity contribution in [3.63, 3.8) is 0 Å². The first-order chi connectivity index (χ1) is 6.47. The third-order valence-corrected chi connectivity index (χ3v) is 2.14. The Morgan fingerprint density at radius 1 is 1.14 bits per heavy atom. The van der Waals surface area contributed by atoms with E-state index in [1.165, 1.54) is 0 Å². The van der Waals surface area contributed by atoms with Crippen LogP contribution in [0.15, 0.2) is 24.3 Å². The van der Waals surface area contributed by atoms with Crippen LogP contribution in [-0.2, 0) is 16.0 Å². The van der Waals surface area contributed by atoms with E-state index in [1.54, 1.807) is 24.3 Å². The topological polar surface area (TPSA) is 34.1 Å². The predicted molar refractivity (Wildman–Crippen MR) is 56.3 cm³/mol. The molecule has 0 unspecified atom stereocenters. The lowest BCUT2D eigenvalue weighted by molar-refractivity contribution is 0.551. The molecule has 1 aromatic rings. The van der Waals surface area contributed by atoms with E-state index in [1.807, 2.05) is 20.8 Å². The standard InChI is InChI=1S/C8H9FO2S.C2H6/c1-7-2-4-8(5-3-7)6-12(9,10)11;1-2/h2-5H,6H2,1H3;1-2H3.